The highest BCUT2D eigenvalue weighted by Gasteiger charge is 2.41. The second-order valence-electron chi connectivity index (χ2n) is 8.01. The molecule has 1 aliphatic heterocycles. The summed E-state index contributed by atoms with van der Waals surface area (Å²) in [6.45, 7) is 0.987. The van der Waals surface area contributed by atoms with Crippen LogP contribution in [0.2, 0.25) is 0 Å². The molecule has 0 saturated carbocycles. The molecule has 0 bridgehead atoms. The molecule has 1 saturated heterocycles. The van der Waals surface area contributed by atoms with Crippen molar-refractivity contribution < 1.29 is 9.90 Å². The number of benzene rings is 3. The van der Waals surface area contributed by atoms with Gasteiger partial charge in [-0.1, -0.05) is 48.5 Å². The van der Waals surface area contributed by atoms with Crippen LogP contribution in [0, 0.1) is 0 Å². The molecular weight excluding hydrogens is 376 g/mol. The summed E-state index contributed by atoms with van der Waals surface area (Å²) < 4.78 is 0. The van der Waals surface area contributed by atoms with Crippen molar-refractivity contribution in [2.75, 3.05) is 19.7 Å². The molecule has 4 aromatic rings. The minimum Gasteiger partial charge on any atom is -0.395 e. The molecule has 0 spiro atoms. The lowest BCUT2D eigenvalue weighted by Gasteiger charge is -2.28. The number of hydrogen-bond donors (Lipinski definition) is 2. The molecule has 150 valence electrons. The van der Waals surface area contributed by atoms with Gasteiger partial charge in [-0.3, -0.25) is 9.59 Å². The molecule has 5 rings (SSSR count). The maximum absolute atomic E-state index is 13.5. The number of amides is 1. The average Bonchev–Trinajstić information content (AvgIpc) is 3.25. The summed E-state index contributed by atoms with van der Waals surface area (Å²) in [6, 6.07) is 22.5. The Bertz CT molecular complexity index is 1310. The van der Waals surface area contributed by atoms with Gasteiger partial charge in [0.1, 0.15) is 0 Å². The van der Waals surface area contributed by atoms with Crippen molar-refractivity contribution >= 4 is 27.7 Å². The highest BCUT2D eigenvalue weighted by Crippen LogP contribution is 2.35. The van der Waals surface area contributed by atoms with Crippen molar-refractivity contribution in [3.05, 3.63) is 94.1 Å². The summed E-state index contributed by atoms with van der Waals surface area (Å²) in [5.41, 5.74) is 2.27. The lowest BCUT2D eigenvalue weighted by Crippen LogP contribution is -2.37. The third-order valence-corrected chi connectivity index (χ3v) is 6.30. The zero-order valence-corrected chi connectivity index (χ0v) is 16.5. The van der Waals surface area contributed by atoms with Crippen molar-refractivity contribution in [2.45, 2.75) is 11.8 Å². The van der Waals surface area contributed by atoms with E-state index in [1.165, 1.54) is 0 Å². The number of rotatable bonds is 3. The van der Waals surface area contributed by atoms with Gasteiger partial charge in [0.15, 0.2) is 5.43 Å². The number of aliphatic hydroxyl groups is 1. The first-order valence-electron chi connectivity index (χ1n) is 10.1. The van der Waals surface area contributed by atoms with Crippen LogP contribution in [0.5, 0.6) is 0 Å². The molecule has 1 aliphatic rings. The minimum atomic E-state index is -0.457. The monoisotopic (exact) mass is 398 g/mol. The van der Waals surface area contributed by atoms with E-state index < -0.39 is 5.41 Å². The Morgan fingerprint density at radius 3 is 2.50 bits per heavy atom. The van der Waals surface area contributed by atoms with Crippen LogP contribution in [-0.2, 0) is 5.41 Å². The summed E-state index contributed by atoms with van der Waals surface area (Å²) in [5, 5.41) is 11.3. The molecule has 5 nitrogen and oxygen atoms in total. The molecule has 30 heavy (non-hydrogen) atoms. The zero-order chi connectivity index (χ0) is 20.7. The van der Waals surface area contributed by atoms with Gasteiger partial charge in [-0.05, 0) is 36.2 Å². The van der Waals surface area contributed by atoms with Crippen molar-refractivity contribution in [3.8, 4) is 0 Å². The highest BCUT2D eigenvalue weighted by molar-refractivity contribution is 6.07. The SMILES string of the molecule is O=C(c1cccc2c(=O)c3ccccc3[nH]c12)N1CCC(CO)(c2ccccc2)C1. The van der Waals surface area contributed by atoms with Gasteiger partial charge in [0, 0.05) is 34.8 Å². The van der Waals surface area contributed by atoms with Crippen molar-refractivity contribution in [2.24, 2.45) is 0 Å². The van der Waals surface area contributed by atoms with Gasteiger partial charge in [0.2, 0.25) is 0 Å². The average molecular weight is 398 g/mol. The molecule has 1 amide bonds. The zero-order valence-electron chi connectivity index (χ0n) is 16.5. The molecule has 1 aromatic heterocycles. The number of pyridine rings is 1. The Kier molecular flexibility index (Phi) is 4.40. The largest absolute Gasteiger partial charge is 0.395 e. The molecule has 0 radical (unpaired) electrons. The molecule has 3 aromatic carbocycles. The number of aromatic amines is 1. The van der Waals surface area contributed by atoms with Gasteiger partial charge in [0.05, 0.1) is 17.7 Å². The number of fused-ring (bicyclic) bond motifs is 2. The van der Waals surface area contributed by atoms with Crippen LogP contribution in [-0.4, -0.2) is 40.6 Å². The number of aliphatic hydroxyl groups excluding tert-OH is 1. The third-order valence-electron chi connectivity index (χ3n) is 6.30. The molecular formula is C25H22N2O3. The number of H-pyrrole nitrogens is 1. The Balaban J connectivity index is 1.57. The lowest BCUT2D eigenvalue weighted by molar-refractivity contribution is 0.0776. The maximum Gasteiger partial charge on any atom is 0.256 e. The first-order valence-corrected chi connectivity index (χ1v) is 10.1. The standard InChI is InChI=1S/C25H22N2O3/c28-16-25(17-7-2-1-3-8-17)13-14-27(15-25)24(30)20-11-6-10-19-22(20)26-21-12-5-4-9-18(21)23(19)29/h1-12,28H,13-16H2,(H,26,29). The van der Waals surface area contributed by atoms with E-state index in [9.17, 15) is 14.7 Å². The van der Waals surface area contributed by atoms with Crippen LogP contribution in [0.3, 0.4) is 0 Å². The van der Waals surface area contributed by atoms with E-state index in [0.29, 0.717) is 46.9 Å². The quantitative estimate of drug-likeness (QED) is 0.519. The number of likely N-dealkylation sites (tertiary alicyclic amines) is 1. The van der Waals surface area contributed by atoms with Crippen LogP contribution < -0.4 is 5.43 Å². The number of para-hydroxylation sites is 2. The van der Waals surface area contributed by atoms with Gasteiger partial charge in [-0.2, -0.15) is 0 Å². The highest BCUT2D eigenvalue weighted by atomic mass is 16.3. The summed E-state index contributed by atoms with van der Waals surface area (Å²) in [5.74, 6) is -0.127. The number of hydrogen-bond acceptors (Lipinski definition) is 3. The maximum atomic E-state index is 13.5. The first kappa shape index (κ1) is 18.6. The van der Waals surface area contributed by atoms with Crippen LogP contribution in [0.4, 0.5) is 0 Å². The molecule has 0 aliphatic carbocycles. The van der Waals surface area contributed by atoms with Gasteiger partial charge < -0.3 is 15.0 Å². The Morgan fingerprint density at radius 2 is 1.70 bits per heavy atom. The minimum absolute atomic E-state index is 0.0161. The van der Waals surface area contributed by atoms with E-state index in [1.807, 2.05) is 48.5 Å². The Labute approximate surface area is 173 Å². The van der Waals surface area contributed by atoms with Gasteiger partial charge in [0.25, 0.3) is 5.91 Å². The van der Waals surface area contributed by atoms with Crippen molar-refractivity contribution in [1.82, 2.24) is 9.88 Å². The summed E-state index contributed by atoms with van der Waals surface area (Å²) >= 11 is 0. The van der Waals surface area contributed by atoms with E-state index in [0.717, 1.165) is 5.56 Å². The van der Waals surface area contributed by atoms with Crippen LogP contribution >= 0.6 is 0 Å². The van der Waals surface area contributed by atoms with E-state index in [2.05, 4.69) is 4.98 Å². The number of carbonyl (C=O) groups excluding carboxylic acids is 1. The molecule has 1 unspecified atom stereocenters. The fraction of sp³-hybridized carbons (Fsp3) is 0.200. The molecule has 2 heterocycles. The number of carbonyl (C=O) groups is 1. The molecule has 1 atom stereocenters. The topological polar surface area (TPSA) is 73.4 Å². The fourth-order valence-electron chi connectivity index (χ4n) is 4.59. The molecule has 1 fully saturated rings. The molecule has 2 N–H and O–H groups in total. The van der Waals surface area contributed by atoms with Gasteiger partial charge in [-0.15, -0.1) is 0 Å². The van der Waals surface area contributed by atoms with E-state index in [4.69, 9.17) is 0 Å². The van der Waals surface area contributed by atoms with Crippen LogP contribution in [0.1, 0.15) is 22.3 Å². The summed E-state index contributed by atoms with van der Waals surface area (Å²) in [7, 11) is 0. The van der Waals surface area contributed by atoms with E-state index >= 15 is 0 Å². The van der Waals surface area contributed by atoms with E-state index in [1.54, 1.807) is 29.2 Å². The van der Waals surface area contributed by atoms with Crippen LogP contribution in [0.15, 0.2) is 77.6 Å². The second kappa shape index (κ2) is 7.11. The predicted octanol–water partition coefficient (Wildman–Crippen LogP) is 3.46. The summed E-state index contributed by atoms with van der Waals surface area (Å²) in [6.07, 6.45) is 0.698. The normalized spacial score (nSPS) is 18.9. The number of nitrogens with zero attached hydrogens (tertiary/aromatic N) is 1. The first-order chi connectivity index (χ1) is 14.6. The Morgan fingerprint density at radius 1 is 0.967 bits per heavy atom. The van der Waals surface area contributed by atoms with Crippen molar-refractivity contribution in [1.29, 1.82) is 0 Å². The molecule has 5 heteroatoms. The third kappa shape index (κ3) is 2.82. The predicted molar refractivity (Wildman–Crippen MR) is 118 cm³/mol. The van der Waals surface area contributed by atoms with Gasteiger partial charge in [-0.25, -0.2) is 0 Å². The Hall–Kier alpha value is -3.44. The smallest absolute Gasteiger partial charge is 0.256 e. The lowest BCUT2D eigenvalue weighted by atomic mass is 9.80. The second-order valence-corrected chi connectivity index (χ2v) is 8.01. The van der Waals surface area contributed by atoms with Crippen molar-refractivity contribution in [3.63, 3.8) is 0 Å². The fourth-order valence-corrected chi connectivity index (χ4v) is 4.59. The number of aromatic nitrogens is 1. The van der Waals surface area contributed by atoms with Gasteiger partial charge >= 0.3 is 0 Å². The van der Waals surface area contributed by atoms with Crippen LogP contribution in [0.25, 0.3) is 21.8 Å². The van der Waals surface area contributed by atoms with E-state index in [-0.39, 0.29) is 17.9 Å². The summed E-state index contributed by atoms with van der Waals surface area (Å²) in [4.78, 5) is 31.5. The number of nitrogens with one attached hydrogen (secondary N) is 1.